The van der Waals surface area contributed by atoms with Gasteiger partial charge in [-0.15, -0.1) is 0 Å². The fraction of sp³-hybridized carbons (Fsp3) is 0.857. The second-order valence-corrected chi connectivity index (χ2v) is 3.62. The highest BCUT2D eigenvalue weighted by atomic mass is 32.2. The molecule has 0 atom stereocenters. The van der Waals surface area contributed by atoms with Gasteiger partial charge in [-0.3, -0.25) is 4.79 Å². The van der Waals surface area contributed by atoms with Crippen LogP contribution in [0.4, 0.5) is 0 Å². The number of hydrogen-bond acceptors (Lipinski definition) is 3. The molecule has 0 aromatic heterocycles. The summed E-state index contributed by atoms with van der Waals surface area (Å²) < 4.78 is 4.97. The number of hydrogen-bond donors (Lipinski definition) is 1. The second-order valence-electron chi connectivity index (χ2n) is 2.86. The molecular formula is C7H14O3S. The average molecular weight is 178 g/mol. The van der Waals surface area contributed by atoms with Crippen molar-refractivity contribution in [1.29, 1.82) is 0 Å². The quantitative estimate of drug-likeness (QED) is 0.515. The lowest BCUT2D eigenvalue weighted by molar-refractivity contribution is -0.145. The third-order valence-electron chi connectivity index (χ3n) is 1.20. The van der Waals surface area contributed by atoms with Gasteiger partial charge in [0.15, 0.2) is 0 Å². The zero-order chi connectivity index (χ0) is 8.91. The molecule has 0 aromatic carbocycles. The Bertz CT molecular complexity index is 134. The summed E-state index contributed by atoms with van der Waals surface area (Å²) in [7, 11) is 0. The third-order valence-corrected chi connectivity index (χ3v) is 2.44. The Labute approximate surface area is 71.3 Å². The Balaban J connectivity index is 3.64. The van der Waals surface area contributed by atoms with Crippen molar-refractivity contribution in [3.8, 4) is 0 Å². The summed E-state index contributed by atoms with van der Waals surface area (Å²) in [5, 5.41) is 8.67. The molecule has 0 rings (SSSR count). The SMILES string of the molecule is CCOSCC(C)(C)C(=O)O. The highest BCUT2D eigenvalue weighted by molar-refractivity contribution is 7.94. The van der Waals surface area contributed by atoms with Crippen LogP contribution in [0.1, 0.15) is 20.8 Å². The summed E-state index contributed by atoms with van der Waals surface area (Å²) in [4.78, 5) is 10.5. The molecule has 0 amide bonds. The maximum atomic E-state index is 10.5. The highest BCUT2D eigenvalue weighted by Gasteiger charge is 2.27. The van der Waals surface area contributed by atoms with Gasteiger partial charge in [-0.05, 0) is 32.8 Å². The van der Waals surface area contributed by atoms with Gasteiger partial charge in [-0.25, -0.2) is 0 Å². The van der Waals surface area contributed by atoms with E-state index in [0.29, 0.717) is 12.4 Å². The molecule has 11 heavy (non-hydrogen) atoms. The molecule has 0 aliphatic rings. The van der Waals surface area contributed by atoms with Gasteiger partial charge in [0.05, 0.1) is 12.0 Å². The minimum Gasteiger partial charge on any atom is -0.481 e. The summed E-state index contributed by atoms with van der Waals surface area (Å²) >= 11 is 1.21. The van der Waals surface area contributed by atoms with E-state index in [4.69, 9.17) is 9.29 Å². The first kappa shape index (κ1) is 10.8. The Morgan fingerprint density at radius 1 is 1.64 bits per heavy atom. The summed E-state index contributed by atoms with van der Waals surface area (Å²) in [6, 6.07) is 0. The van der Waals surface area contributed by atoms with Crippen LogP contribution >= 0.6 is 12.0 Å². The molecule has 0 fully saturated rings. The van der Waals surface area contributed by atoms with Crippen LogP contribution in [-0.4, -0.2) is 23.4 Å². The number of carbonyl (C=O) groups is 1. The van der Waals surface area contributed by atoms with Crippen molar-refractivity contribution in [2.45, 2.75) is 20.8 Å². The first-order valence-corrected chi connectivity index (χ1v) is 4.39. The van der Waals surface area contributed by atoms with E-state index in [1.54, 1.807) is 13.8 Å². The van der Waals surface area contributed by atoms with E-state index < -0.39 is 11.4 Å². The van der Waals surface area contributed by atoms with E-state index in [1.807, 2.05) is 6.92 Å². The lowest BCUT2D eigenvalue weighted by atomic mass is 9.97. The normalized spacial score (nSPS) is 11.5. The van der Waals surface area contributed by atoms with Gasteiger partial charge >= 0.3 is 5.97 Å². The molecule has 0 aliphatic carbocycles. The van der Waals surface area contributed by atoms with E-state index in [-0.39, 0.29) is 0 Å². The van der Waals surface area contributed by atoms with Gasteiger partial charge in [0, 0.05) is 5.75 Å². The molecule has 0 aliphatic heterocycles. The molecular weight excluding hydrogens is 164 g/mol. The molecule has 0 spiro atoms. The van der Waals surface area contributed by atoms with Crippen LogP contribution in [0.15, 0.2) is 0 Å². The lowest BCUT2D eigenvalue weighted by Gasteiger charge is -2.16. The van der Waals surface area contributed by atoms with Crippen molar-refractivity contribution in [2.75, 3.05) is 12.4 Å². The van der Waals surface area contributed by atoms with Gasteiger partial charge in [-0.2, -0.15) is 0 Å². The summed E-state index contributed by atoms with van der Waals surface area (Å²) in [6.45, 7) is 5.85. The second kappa shape index (κ2) is 4.62. The average Bonchev–Trinajstić information content (AvgIpc) is 1.88. The van der Waals surface area contributed by atoms with Crippen molar-refractivity contribution in [1.82, 2.24) is 0 Å². The molecule has 0 bridgehead atoms. The van der Waals surface area contributed by atoms with Crippen LogP contribution in [0.25, 0.3) is 0 Å². The van der Waals surface area contributed by atoms with Crippen LogP contribution in [0, 0.1) is 5.41 Å². The molecule has 66 valence electrons. The van der Waals surface area contributed by atoms with E-state index in [9.17, 15) is 4.79 Å². The number of carboxylic acids is 1. The van der Waals surface area contributed by atoms with Gasteiger partial charge in [0.1, 0.15) is 0 Å². The zero-order valence-electron chi connectivity index (χ0n) is 7.09. The van der Waals surface area contributed by atoms with Crippen LogP contribution in [0.3, 0.4) is 0 Å². The third kappa shape index (κ3) is 4.27. The molecule has 0 aromatic rings. The minimum atomic E-state index is -0.787. The van der Waals surface area contributed by atoms with Gasteiger partial charge < -0.3 is 9.29 Å². The fourth-order valence-corrected chi connectivity index (χ4v) is 1.00. The number of rotatable bonds is 5. The molecule has 0 saturated carbocycles. The maximum absolute atomic E-state index is 10.5. The van der Waals surface area contributed by atoms with Crippen LogP contribution < -0.4 is 0 Å². The predicted octanol–water partition coefficient (Wildman–Crippen LogP) is 1.78. The standard InChI is InChI=1S/C7H14O3S/c1-4-10-11-5-7(2,3)6(8)9/h4-5H2,1-3H3,(H,8,9). The summed E-state index contributed by atoms with van der Waals surface area (Å²) in [5.74, 6) is -0.305. The monoisotopic (exact) mass is 178 g/mol. The molecule has 3 nitrogen and oxygen atoms in total. The van der Waals surface area contributed by atoms with Crippen molar-refractivity contribution in [2.24, 2.45) is 5.41 Å². The van der Waals surface area contributed by atoms with E-state index in [0.717, 1.165) is 0 Å². The first-order chi connectivity index (χ1) is 5.00. The summed E-state index contributed by atoms with van der Waals surface area (Å²) in [6.07, 6.45) is 0. The maximum Gasteiger partial charge on any atom is 0.309 e. The molecule has 0 heterocycles. The molecule has 4 heteroatoms. The number of carboxylic acid groups (broad SMARTS) is 1. The molecule has 0 saturated heterocycles. The Hall–Kier alpha value is -0.220. The van der Waals surface area contributed by atoms with E-state index in [1.165, 1.54) is 12.0 Å². The van der Waals surface area contributed by atoms with Crippen LogP contribution in [0.5, 0.6) is 0 Å². The van der Waals surface area contributed by atoms with E-state index >= 15 is 0 Å². The van der Waals surface area contributed by atoms with Crippen LogP contribution in [0.2, 0.25) is 0 Å². The van der Waals surface area contributed by atoms with Gasteiger partial charge in [-0.1, -0.05) is 0 Å². The van der Waals surface area contributed by atoms with Crippen molar-refractivity contribution in [3.05, 3.63) is 0 Å². The Morgan fingerprint density at radius 3 is 2.55 bits per heavy atom. The predicted molar refractivity (Wildman–Crippen MR) is 45.5 cm³/mol. The first-order valence-electron chi connectivity index (χ1n) is 3.48. The highest BCUT2D eigenvalue weighted by Crippen LogP contribution is 2.22. The van der Waals surface area contributed by atoms with Crippen LogP contribution in [-0.2, 0) is 8.98 Å². The Kier molecular flexibility index (Phi) is 4.52. The van der Waals surface area contributed by atoms with Gasteiger partial charge in [0.2, 0.25) is 0 Å². The molecule has 1 N–H and O–H groups in total. The lowest BCUT2D eigenvalue weighted by Crippen LogP contribution is -2.26. The largest absolute Gasteiger partial charge is 0.481 e. The zero-order valence-corrected chi connectivity index (χ0v) is 7.90. The number of aliphatic carboxylic acids is 1. The smallest absolute Gasteiger partial charge is 0.309 e. The molecule has 0 unspecified atom stereocenters. The molecule has 0 radical (unpaired) electrons. The van der Waals surface area contributed by atoms with Crippen molar-refractivity contribution in [3.63, 3.8) is 0 Å². The summed E-state index contributed by atoms with van der Waals surface area (Å²) in [5.41, 5.74) is -0.695. The fourth-order valence-electron chi connectivity index (χ4n) is 0.334. The Morgan fingerprint density at radius 2 is 2.18 bits per heavy atom. The van der Waals surface area contributed by atoms with Crippen molar-refractivity contribution < 1.29 is 14.1 Å². The topological polar surface area (TPSA) is 46.5 Å². The van der Waals surface area contributed by atoms with Crippen molar-refractivity contribution >= 4 is 18.0 Å². The van der Waals surface area contributed by atoms with Gasteiger partial charge in [0.25, 0.3) is 0 Å². The van der Waals surface area contributed by atoms with E-state index in [2.05, 4.69) is 0 Å². The minimum absolute atomic E-state index is 0.482.